The molecule has 0 bridgehead atoms. The fraction of sp³-hybridized carbons (Fsp3) is 0.571. The second-order valence-corrected chi connectivity index (χ2v) is 3.46. The molecule has 0 aliphatic rings. The average molecular weight is 192 g/mol. The van der Waals surface area contributed by atoms with Crippen molar-refractivity contribution in [2.75, 3.05) is 0 Å². The van der Waals surface area contributed by atoms with Gasteiger partial charge in [-0.05, 0) is 25.7 Å². The van der Waals surface area contributed by atoms with Gasteiger partial charge in [0.05, 0.1) is 0 Å². The monoisotopic (exact) mass is 192 g/mol. The highest BCUT2D eigenvalue weighted by Gasteiger charge is 1.78. The zero-order chi connectivity index (χ0) is 10.5. The molecule has 0 spiro atoms. The van der Waals surface area contributed by atoms with Crippen LogP contribution in [0.25, 0.3) is 0 Å². The van der Waals surface area contributed by atoms with Crippen LogP contribution in [0.5, 0.6) is 0 Å². The lowest BCUT2D eigenvalue weighted by Gasteiger charge is -1.88. The summed E-state index contributed by atoms with van der Waals surface area (Å²) in [5.74, 6) is 0. The highest BCUT2D eigenvalue weighted by molar-refractivity contribution is 5.02. The van der Waals surface area contributed by atoms with Gasteiger partial charge in [-0.25, -0.2) is 0 Å². The molecule has 0 heterocycles. The van der Waals surface area contributed by atoms with Gasteiger partial charge in [-0.1, -0.05) is 63.1 Å². The van der Waals surface area contributed by atoms with Crippen LogP contribution in [0.2, 0.25) is 0 Å². The highest BCUT2D eigenvalue weighted by atomic mass is 13.8. The molecular weight excluding hydrogens is 168 g/mol. The fourth-order valence-electron chi connectivity index (χ4n) is 1.14. The van der Waals surface area contributed by atoms with Crippen molar-refractivity contribution in [1.82, 2.24) is 0 Å². The van der Waals surface area contributed by atoms with Crippen LogP contribution in [0.4, 0.5) is 0 Å². The van der Waals surface area contributed by atoms with E-state index in [0.717, 1.165) is 12.8 Å². The van der Waals surface area contributed by atoms with E-state index in [1.54, 1.807) is 0 Å². The fourth-order valence-corrected chi connectivity index (χ4v) is 1.14. The minimum atomic E-state index is 1.13. The number of rotatable bonds is 8. The quantitative estimate of drug-likeness (QED) is 0.287. The van der Waals surface area contributed by atoms with Gasteiger partial charge in [-0.15, -0.1) is 0 Å². The molecule has 0 aromatic heterocycles. The molecule has 0 aliphatic carbocycles. The highest BCUT2D eigenvalue weighted by Crippen LogP contribution is 1.98. The Kier molecular flexibility index (Phi) is 11.5. The molecule has 0 unspecified atom stereocenters. The van der Waals surface area contributed by atoms with Crippen molar-refractivity contribution in [1.29, 1.82) is 0 Å². The van der Waals surface area contributed by atoms with Gasteiger partial charge in [0.25, 0.3) is 0 Å². The third-order valence-electron chi connectivity index (χ3n) is 2.01. The van der Waals surface area contributed by atoms with Gasteiger partial charge in [0, 0.05) is 0 Å². The van der Waals surface area contributed by atoms with Crippen molar-refractivity contribution in [3.05, 3.63) is 36.5 Å². The molecule has 0 N–H and O–H groups in total. The van der Waals surface area contributed by atoms with Crippen molar-refractivity contribution >= 4 is 0 Å². The molecule has 0 aliphatic heterocycles. The van der Waals surface area contributed by atoms with E-state index in [4.69, 9.17) is 0 Å². The Morgan fingerprint density at radius 2 is 1.36 bits per heavy atom. The first-order valence-corrected chi connectivity index (χ1v) is 5.88. The summed E-state index contributed by atoms with van der Waals surface area (Å²) < 4.78 is 0. The maximum absolute atomic E-state index is 2.30. The number of hydrogen-bond acceptors (Lipinski definition) is 0. The van der Waals surface area contributed by atoms with Gasteiger partial charge in [-0.2, -0.15) is 0 Å². The second-order valence-electron chi connectivity index (χ2n) is 3.46. The molecule has 0 radical (unpaired) electrons. The zero-order valence-electron chi connectivity index (χ0n) is 9.71. The smallest absolute Gasteiger partial charge is 0.0313 e. The normalized spacial score (nSPS) is 12.4. The molecule has 0 atom stereocenters. The predicted octanol–water partition coefficient (Wildman–Crippen LogP) is 5.04. The zero-order valence-corrected chi connectivity index (χ0v) is 9.71. The van der Waals surface area contributed by atoms with Crippen LogP contribution in [0.15, 0.2) is 36.5 Å². The van der Waals surface area contributed by atoms with Crippen LogP contribution >= 0.6 is 0 Å². The summed E-state index contributed by atoms with van der Waals surface area (Å²) in [4.78, 5) is 0. The average Bonchev–Trinajstić information content (AvgIpc) is 2.21. The third-order valence-corrected chi connectivity index (χ3v) is 2.01. The summed E-state index contributed by atoms with van der Waals surface area (Å²) in [5, 5.41) is 0. The molecule has 0 aromatic carbocycles. The van der Waals surface area contributed by atoms with Gasteiger partial charge in [0.15, 0.2) is 0 Å². The summed E-state index contributed by atoms with van der Waals surface area (Å²) in [5.41, 5.74) is 0. The van der Waals surface area contributed by atoms with Crippen molar-refractivity contribution < 1.29 is 0 Å². The van der Waals surface area contributed by atoms with E-state index in [2.05, 4.69) is 50.3 Å². The molecule has 0 fully saturated rings. The molecule has 0 aromatic rings. The molecule has 14 heavy (non-hydrogen) atoms. The van der Waals surface area contributed by atoms with Crippen molar-refractivity contribution in [3.8, 4) is 0 Å². The van der Waals surface area contributed by atoms with E-state index >= 15 is 0 Å². The molecule has 0 saturated heterocycles. The van der Waals surface area contributed by atoms with E-state index in [-0.39, 0.29) is 0 Å². The maximum atomic E-state index is 2.30. The van der Waals surface area contributed by atoms with Crippen LogP contribution < -0.4 is 0 Å². The lowest BCUT2D eigenvalue weighted by Crippen LogP contribution is -1.68. The van der Waals surface area contributed by atoms with E-state index in [0.29, 0.717) is 0 Å². The lowest BCUT2D eigenvalue weighted by atomic mass is 10.2. The van der Waals surface area contributed by atoms with Crippen LogP contribution in [-0.2, 0) is 0 Å². The van der Waals surface area contributed by atoms with Gasteiger partial charge in [0.1, 0.15) is 0 Å². The van der Waals surface area contributed by atoms with Crippen molar-refractivity contribution in [3.63, 3.8) is 0 Å². The SMILES string of the molecule is CC/C=C/C=C/CC/C=C/CCCC. The Morgan fingerprint density at radius 3 is 2.07 bits per heavy atom. The van der Waals surface area contributed by atoms with Crippen molar-refractivity contribution in [2.24, 2.45) is 0 Å². The Morgan fingerprint density at radius 1 is 0.714 bits per heavy atom. The summed E-state index contributed by atoms with van der Waals surface area (Å²) in [6.45, 7) is 4.39. The van der Waals surface area contributed by atoms with Crippen LogP contribution in [0.3, 0.4) is 0 Å². The summed E-state index contributed by atoms with van der Waals surface area (Å²) in [6.07, 6.45) is 20.6. The summed E-state index contributed by atoms with van der Waals surface area (Å²) >= 11 is 0. The maximum Gasteiger partial charge on any atom is -0.0313 e. The van der Waals surface area contributed by atoms with Gasteiger partial charge in [0.2, 0.25) is 0 Å². The topological polar surface area (TPSA) is 0 Å². The van der Waals surface area contributed by atoms with Gasteiger partial charge in [-0.3, -0.25) is 0 Å². The number of unbranched alkanes of at least 4 members (excludes halogenated alkanes) is 3. The number of allylic oxidation sites excluding steroid dienone is 6. The predicted molar refractivity (Wildman–Crippen MR) is 66.5 cm³/mol. The Labute approximate surface area is 89.4 Å². The van der Waals surface area contributed by atoms with Gasteiger partial charge < -0.3 is 0 Å². The molecular formula is C14H24. The largest absolute Gasteiger partial charge is 0.0885 e. The summed E-state index contributed by atoms with van der Waals surface area (Å²) in [6, 6.07) is 0. The van der Waals surface area contributed by atoms with E-state index < -0.39 is 0 Å². The first-order chi connectivity index (χ1) is 6.91. The Balaban J connectivity index is 3.23. The molecule has 0 saturated carbocycles. The van der Waals surface area contributed by atoms with Crippen molar-refractivity contribution in [2.45, 2.75) is 52.4 Å². The first kappa shape index (κ1) is 13.2. The lowest BCUT2D eigenvalue weighted by molar-refractivity contribution is 0.811. The first-order valence-electron chi connectivity index (χ1n) is 5.88. The molecule has 0 rings (SSSR count). The third kappa shape index (κ3) is 11.2. The minimum absolute atomic E-state index is 1.13. The van der Waals surface area contributed by atoms with E-state index in [1.807, 2.05) is 0 Å². The second kappa shape index (κ2) is 12.2. The van der Waals surface area contributed by atoms with E-state index in [9.17, 15) is 0 Å². The van der Waals surface area contributed by atoms with Crippen LogP contribution in [0, 0.1) is 0 Å². The number of hydrogen-bond donors (Lipinski definition) is 0. The van der Waals surface area contributed by atoms with Crippen LogP contribution in [0.1, 0.15) is 52.4 Å². The van der Waals surface area contributed by atoms with Crippen LogP contribution in [-0.4, -0.2) is 0 Å². The molecule has 0 amide bonds. The molecule has 80 valence electrons. The Bertz CT molecular complexity index is 172. The summed E-state index contributed by atoms with van der Waals surface area (Å²) in [7, 11) is 0. The Hall–Kier alpha value is -0.780. The minimum Gasteiger partial charge on any atom is -0.0885 e. The molecule has 0 heteroatoms. The van der Waals surface area contributed by atoms with Gasteiger partial charge >= 0.3 is 0 Å². The van der Waals surface area contributed by atoms with E-state index in [1.165, 1.54) is 25.7 Å². The standard InChI is InChI=1S/C14H24/c1-3-5-7-9-11-13-14-12-10-8-6-4-2/h5,7,9-12H,3-4,6,8,13-14H2,1-2H3/b7-5+,11-9+,12-10+. The molecule has 0 nitrogen and oxygen atoms in total.